The quantitative estimate of drug-likeness (QED) is 0.820. The van der Waals surface area contributed by atoms with Gasteiger partial charge in [-0.2, -0.15) is 4.98 Å². The number of carbonyl (C=O) groups excluding carboxylic acids is 1. The Kier molecular flexibility index (Phi) is 2.82. The highest BCUT2D eigenvalue weighted by Crippen LogP contribution is 2.27. The van der Waals surface area contributed by atoms with Crippen LogP contribution >= 0.6 is 0 Å². The van der Waals surface area contributed by atoms with Gasteiger partial charge in [-0.1, -0.05) is 0 Å². The fourth-order valence-corrected chi connectivity index (χ4v) is 1.51. The van der Waals surface area contributed by atoms with E-state index in [1.165, 1.54) is 6.92 Å². The molecule has 0 saturated heterocycles. The van der Waals surface area contributed by atoms with E-state index in [-0.39, 0.29) is 17.5 Å². The van der Waals surface area contributed by atoms with Gasteiger partial charge in [0.2, 0.25) is 0 Å². The number of aromatic nitrogens is 1. The molecule has 0 spiro atoms. The summed E-state index contributed by atoms with van der Waals surface area (Å²) in [6.45, 7) is 1.42. The molecule has 0 saturated carbocycles. The topological polar surface area (TPSA) is 78.3 Å². The number of hydrogen-bond donors (Lipinski definition) is 1. The second kappa shape index (κ2) is 4.29. The van der Waals surface area contributed by atoms with Crippen LogP contribution in [0.4, 0.5) is 6.01 Å². The molecular formula is C12H12N2O3. The minimum atomic E-state index is -0.184. The lowest BCUT2D eigenvalue weighted by Crippen LogP contribution is -1.95. The summed E-state index contributed by atoms with van der Waals surface area (Å²) < 4.78 is 10.3. The molecule has 0 unspecified atom stereocenters. The molecule has 0 atom stereocenters. The maximum atomic E-state index is 11.4. The van der Waals surface area contributed by atoms with Gasteiger partial charge in [0.1, 0.15) is 5.75 Å². The highest BCUT2D eigenvalue weighted by atomic mass is 16.5. The number of carbonyl (C=O) groups is 1. The van der Waals surface area contributed by atoms with E-state index in [0.717, 1.165) is 11.3 Å². The van der Waals surface area contributed by atoms with Gasteiger partial charge in [0.25, 0.3) is 6.01 Å². The SMILES string of the molecule is COc1ccc(-c2oc(N)nc2C(C)=O)cc1. The number of nitrogens with two attached hydrogens (primary N) is 1. The van der Waals surface area contributed by atoms with E-state index < -0.39 is 0 Å². The molecule has 0 amide bonds. The molecule has 1 aromatic heterocycles. The molecule has 2 rings (SSSR count). The molecular weight excluding hydrogens is 220 g/mol. The van der Waals surface area contributed by atoms with Gasteiger partial charge in [0.15, 0.2) is 17.2 Å². The summed E-state index contributed by atoms with van der Waals surface area (Å²) in [5.74, 6) is 0.930. The van der Waals surface area contributed by atoms with Crippen LogP contribution in [0.25, 0.3) is 11.3 Å². The summed E-state index contributed by atoms with van der Waals surface area (Å²) in [7, 11) is 1.59. The number of anilines is 1. The zero-order valence-corrected chi connectivity index (χ0v) is 9.56. The second-order valence-electron chi connectivity index (χ2n) is 3.51. The lowest BCUT2D eigenvalue weighted by Gasteiger charge is -2.01. The first-order chi connectivity index (χ1) is 8.11. The maximum absolute atomic E-state index is 11.4. The molecule has 17 heavy (non-hydrogen) atoms. The second-order valence-corrected chi connectivity index (χ2v) is 3.51. The third-order valence-electron chi connectivity index (χ3n) is 2.33. The Morgan fingerprint density at radius 3 is 2.53 bits per heavy atom. The zero-order chi connectivity index (χ0) is 12.4. The lowest BCUT2D eigenvalue weighted by molar-refractivity contribution is 0.101. The van der Waals surface area contributed by atoms with Gasteiger partial charge in [-0.25, -0.2) is 0 Å². The monoisotopic (exact) mass is 232 g/mol. The summed E-state index contributed by atoms with van der Waals surface area (Å²) in [5, 5.41) is 0. The molecule has 1 aromatic carbocycles. The van der Waals surface area contributed by atoms with Crippen molar-refractivity contribution in [3.05, 3.63) is 30.0 Å². The van der Waals surface area contributed by atoms with Crippen molar-refractivity contribution in [1.82, 2.24) is 4.98 Å². The highest BCUT2D eigenvalue weighted by molar-refractivity contribution is 5.98. The molecule has 2 N–H and O–H groups in total. The predicted molar refractivity (Wildman–Crippen MR) is 62.9 cm³/mol. The van der Waals surface area contributed by atoms with Crippen LogP contribution in [0.3, 0.4) is 0 Å². The Bertz CT molecular complexity index is 543. The molecule has 5 heteroatoms. The first-order valence-corrected chi connectivity index (χ1v) is 5.03. The van der Waals surface area contributed by atoms with Gasteiger partial charge < -0.3 is 14.9 Å². The number of nitrogen functional groups attached to an aromatic ring is 1. The van der Waals surface area contributed by atoms with Crippen molar-refractivity contribution < 1.29 is 13.9 Å². The Morgan fingerprint density at radius 1 is 1.35 bits per heavy atom. The molecule has 0 bridgehead atoms. The van der Waals surface area contributed by atoms with Crippen molar-refractivity contribution >= 4 is 11.8 Å². The Balaban J connectivity index is 2.48. The normalized spacial score (nSPS) is 10.2. The molecule has 0 fully saturated rings. The summed E-state index contributed by atoms with van der Waals surface area (Å²) in [4.78, 5) is 15.2. The van der Waals surface area contributed by atoms with Crippen LogP contribution in [0, 0.1) is 0 Å². The maximum Gasteiger partial charge on any atom is 0.293 e. The van der Waals surface area contributed by atoms with E-state index in [2.05, 4.69) is 4.98 Å². The molecule has 0 aliphatic carbocycles. The van der Waals surface area contributed by atoms with Crippen LogP contribution in [-0.2, 0) is 0 Å². The Labute approximate surface area is 98.2 Å². The summed E-state index contributed by atoms with van der Waals surface area (Å²) in [6.07, 6.45) is 0. The van der Waals surface area contributed by atoms with Crippen LogP contribution in [0.5, 0.6) is 5.75 Å². The molecule has 2 aromatic rings. The van der Waals surface area contributed by atoms with Crippen molar-refractivity contribution in [2.45, 2.75) is 6.92 Å². The van der Waals surface area contributed by atoms with E-state index in [0.29, 0.717) is 5.76 Å². The van der Waals surface area contributed by atoms with Crippen molar-refractivity contribution in [2.75, 3.05) is 12.8 Å². The molecule has 0 radical (unpaired) electrons. The van der Waals surface area contributed by atoms with E-state index in [1.807, 2.05) is 0 Å². The average molecular weight is 232 g/mol. The summed E-state index contributed by atoms with van der Waals surface area (Å²) >= 11 is 0. The fourth-order valence-electron chi connectivity index (χ4n) is 1.51. The van der Waals surface area contributed by atoms with Gasteiger partial charge >= 0.3 is 0 Å². The summed E-state index contributed by atoms with van der Waals surface area (Å²) in [5.41, 5.74) is 6.44. The standard InChI is InChI=1S/C12H12N2O3/c1-7(15)10-11(17-12(13)14-10)8-3-5-9(16-2)6-4-8/h3-6H,1-2H3,(H2,13,14). The van der Waals surface area contributed by atoms with E-state index in [1.54, 1.807) is 31.4 Å². The lowest BCUT2D eigenvalue weighted by atomic mass is 10.1. The first-order valence-electron chi connectivity index (χ1n) is 5.03. The van der Waals surface area contributed by atoms with Crippen molar-refractivity contribution in [1.29, 1.82) is 0 Å². The van der Waals surface area contributed by atoms with Crippen molar-refractivity contribution in [3.8, 4) is 17.1 Å². The van der Waals surface area contributed by atoms with Crippen LogP contribution < -0.4 is 10.5 Å². The Hall–Kier alpha value is -2.30. The van der Waals surface area contributed by atoms with Crippen LogP contribution in [0.1, 0.15) is 17.4 Å². The molecule has 1 heterocycles. The van der Waals surface area contributed by atoms with Gasteiger partial charge in [-0.05, 0) is 24.3 Å². The molecule has 5 nitrogen and oxygen atoms in total. The molecule has 0 aliphatic rings. The fraction of sp³-hybridized carbons (Fsp3) is 0.167. The van der Waals surface area contributed by atoms with E-state index in [9.17, 15) is 4.79 Å². The van der Waals surface area contributed by atoms with Gasteiger partial charge in [-0.3, -0.25) is 4.79 Å². The number of ketones is 1. The smallest absolute Gasteiger partial charge is 0.293 e. The minimum absolute atomic E-state index is 0.0129. The van der Waals surface area contributed by atoms with E-state index in [4.69, 9.17) is 14.9 Å². The van der Waals surface area contributed by atoms with Gasteiger partial charge in [0, 0.05) is 12.5 Å². The molecule has 88 valence electrons. The largest absolute Gasteiger partial charge is 0.497 e. The van der Waals surface area contributed by atoms with Gasteiger partial charge in [0.05, 0.1) is 7.11 Å². The van der Waals surface area contributed by atoms with Crippen molar-refractivity contribution in [2.24, 2.45) is 0 Å². The van der Waals surface area contributed by atoms with Crippen LogP contribution in [0.2, 0.25) is 0 Å². The average Bonchev–Trinajstić information content (AvgIpc) is 2.72. The third kappa shape index (κ3) is 2.13. The van der Waals surface area contributed by atoms with Crippen LogP contribution in [-0.4, -0.2) is 17.9 Å². The third-order valence-corrected chi connectivity index (χ3v) is 2.33. The number of methoxy groups -OCH3 is 1. The predicted octanol–water partition coefficient (Wildman–Crippen LogP) is 2.13. The number of nitrogens with zero attached hydrogens (tertiary/aromatic N) is 1. The summed E-state index contributed by atoms with van der Waals surface area (Å²) in [6, 6.07) is 7.10. The number of hydrogen-bond acceptors (Lipinski definition) is 5. The highest BCUT2D eigenvalue weighted by Gasteiger charge is 2.17. The minimum Gasteiger partial charge on any atom is -0.497 e. The number of ether oxygens (including phenoxy) is 1. The zero-order valence-electron chi connectivity index (χ0n) is 9.56. The number of Topliss-reactive ketones (excluding diaryl/α,β-unsaturated/α-hetero) is 1. The Morgan fingerprint density at radius 2 is 2.00 bits per heavy atom. The van der Waals surface area contributed by atoms with Gasteiger partial charge in [-0.15, -0.1) is 0 Å². The van der Waals surface area contributed by atoms with Crippen molar-refractivity contribution in [3.63, 3.8) is 0 Å². The number of oxazole rings is 1. The number of benzene rings is 1. The first kappa shape index (κ1) is 11.2. The molecule has 0 aliphatic heterocycles. The number of rotatable bonds is 3. The van der Waals surface area contributed by atoms with E-state index >= 15 is 0 Å². The van der Waals surface area contributed by atoms with Crippen LogP contribution in [0.15, 0.2) is 28.7 Å².